The predicted octanol–water partition coefficient (Wildman–Crippen LogP) is 2.82. The minimum atomic E-state index is -0.893. The maximum absolute atomic E-state index is 11.1. The average molecular weight is 272 g/mol. The Bertz CT molecular complexity index is 529. The van der Waals surface area contributed by atoms with E-state index in [9.17, 15) is 10.1 Å². The summed E-state index contributed by atoms with van der Waals surface area (Å²) < 4.78 is 0. The van der Waals surface area contributed by atoms with Gasteiger partial charge in [0, 0.05) is 19.2 Å². The summed E-state index contributed by atoms with van der Waals surface area (Å²) in [7, 11) is 1.72. The highest BCUT2D eigenvalue weighted by atomic mass is 16.4. The Morgan fingerprint density at radius 3 is 2.45 bits per heavy atom. The third-order valence-electron chi connectivity index (χ3n) is 3.41. The maximum Gasteiger partial charge on any atom is 0.326 e. The second kappa shape index (κ2) is 7.34. The Morgan fingerprint density at radius 1 is 1.40 bits per heavy atom. The van der Waals surface area contributed by atoms with Crippen molar-refractivity contribution in [3.05, 3.63) is 47.2 Å². The van der Waals surface area contributed by atoms with E-state index in [0.717, 1.165) is 11.3 Å². The molecule has 1 N–H and O–H groups in total. The fraction of sp³-hybridized carbons (Fsp3) is 0.375. The SMILES string of the molecule is CC/C(=C(\C#N)Cc1ccccc1)N(C)C(C)C(=O)O. The lowest BCUT2D eigenvalue weighted by molar-refractivity contribution is -0.141. The van der Waals surface area contributed by atoms with E-state index in [1.54, 1.807) is 18.9 Å². The number of aliphatic carboxylic acids is 1. The second-order valence-corrected chi connectivity index (χ2v) is 4.68. The van der Waals surface area contributed by atoms with Crippen molar-refractivity contribution in [1.82, 2.24) is 4.90 Å². The number of nitriles is 1. The molecule has 1 rings (SSSR count). The molecule has 0 aliphatic carbocycles. The normalized spacial score (nSPS) is 13.1. The van der Waals surface area contributed by atoms with Crippen LogP contribution in [0.5, 0.6) is 0 Å². The molecule has 1 aromatic rings. The van der Waals surface area contributed by atoms with Crippen LogP contribution in [-0.4, -0.2) is 29.1 Å². The van der Waals surface area contributed by atoms with Crippen LogP contribution >= 0.6 is 0 Å². The minimum absolute atomic E-state index is 0.525. The fourth-order valence-electron chi connectivity index (χ4n) is 2.08. The molecule has 0 aromatic heterocycles. The number of nitrogens with zero attached hydrogens (tertiary/aromatic N) is 2. The molecule has 20 heavy (non-hydrogen) atoms. The van der Waals surface area contributed by atoms with Crippen LogP contribution < -0.4 is 0 Å². The summed E-state index contributed by atoms with van der Waals surface area (Å²) in [4.78, 5) is 12.8. The molecule has 0 amide bonds. The lowest BCUT2D eigenvalue weighted by Crippen LogP contribution is -2.35. The van der Waals surface area contributed by atoms with Crippen LogP contribution in [0.2, 0.25) is 0 Å². The quantitative estimate of drug-likeness (QED) is 0.809. The topological polar surface area (TPSA) is 64.3 Å². The van der Waals surface area contributed by atoms with Crippen LogP contribution in [0, 0.1) is 11.3 Å². The molecule has 106 valence electrons. The monoisotopic (exact) mass is 272 g/mol. The Labute approximate surface area is 119 Å². The number of carbonyl (C=O) groups is 1. The minimum Gasteiger partial charge on any atom is -0.480 e. The highest BCUT2D eigenvalue weighted by Crippen LogP contribution is 2.19. The van der Waals surface area contributed by atoms with Gasteiger partial charge in [0.25, 0.3) is 0 Å². The number of carboxylic acids is 1. The summed E-state index contributed by atoms with van der Waals surface area (Å²) in [6, 6.07) is 11.3. The van der Waals surface area contributed by atoms with Crippen LogP contribution in [0.4, 0.5) is 0 Å². The first-order valence-corrected chi connectivity index (χ1v) is 6.62. The van der Waals surface area contributed by atoms with Gasteiger partial charge in [-0.3, -0.25) is 0 Å². The molecular formula is C16H20N2O2. The lowest BCUT2D eigenvalue weighted by atomic mass is 10.0. The number of benzene rings is 1. The van der Waals surface area contributed by atoms with Crippen molar-refractivity contribution in [2.45, 2.75) is 32.7 Å². The summed E-state index contributed by atoms with van der Waals surface area (Å²) in [6.07, 6.45) is 1.15. The van der Waals surface area contributed by atoms with Crippen molar-refractivity contribution in [1.29, 1.82) is 5.26 Å². The van der Waals surface area contributed by atoms with E-state index >= 15 is 0 Å². The first-order chi connectivity index (χ1) is 9.51. The molecule has 4 heteroatoms. The average Bonchev–Trinajstić information content (AvgIpc) is 2.46. The molecule has 0 saturated heterocycles. The summed E-state index contributed by atoms with van der Waals surface area (Å²) in [6.45, 7) is 3.55. The van der Waals surface area contributed by atoms with Gasteiger partial charge in [0.1, 0.15) is 6.04 Å². The van der Waals surface area contributed by atoms with Crippen molar-refractivity contribution in [2.75, 3.05) is 7.05 Å². The number of carboxylic acid groups (broad SMARTS) is 1. The molecule has 1 aromatic carbocycles. The third-order valence-corrected chi connectivity index (χ3v) is 3.41. The van der Waals surface area contributed by atoms with Crippen LogP contribution in [0.1, 0.15) is 25.8 Å². The van der Waals surface area contributed by atoms with Crippen molar-refractivity contribution >= 4 is 5.97 Å². The zero-order chi connectivity index (χ0) is 15.1. The molecule has 0 radical (unpaired) electrons. The van der Waals surface area contributed by atoms with E-state index in [-0.39, 0.29) is 0 Å². The second-order valence-electron chi connectivity index (χ2n) is 4.68. The molecule has 1 atom stereocenters. The van der Waals surface area contributed by atoms with Crippen molar-refractivity contribution < 1.29 is 9.90 Å². The zero-order valence-electron chi connectivity index (χ0n) is 12.1. The van der Waals surface area contributed by atoms with Gasteiger partial charge in [-0.1, -0.05) is 37.3 Å². The number of likely N-dealkylation sites (N-methyl/N-ethyl adjacent to an activating group) is 1. The van der Waals surface area contributed by atoms with Gasteiger partial charge in [-0.2, -0.15) is 5.26 Å². The number of allylic oxidation sites excluding steroid dienone is 2. The van der Waals surface area contributed by atoms with E-state index in [4.69, 9.17) is 5.11 Å². The molecule has 1 unspecified atom stereocenters. The van der Waals surface area contributed by atoms with E-state index in [1.807, 2.05) is 37.3 Å². The number of hydrogen-bond donors (Lipinski definition) is 1. The van der Waals surface area contributed by atoms with Gasteiger partial charge in [0.15, 0.2) is 0 Å². The van der Waals surface area contributed by atoms with Crippen molar-refractivity contribution in [2.24, 2.45) is 0 Å². The lowest BCUT2D eigenvalue weighted by Gasteiger charge is -2.27. The number of rotatable bonds is 6. The zero-order valence-corrected chi connectivity index (χ0v) is 12.1. The Balaban J connectivity index is 3.08. The van der Waals surface area contributed by atoms with Gasteiger partial charge in [0.05, 0.1) is 11.6 Å². The highest BCUT2D eigenvalue weighted by molar-refractivity contribution is 5.73. The third kappa shape index (κ3) is 3.86. The molecule has 0 spiro atoms. The van der Waals surface area contributed by atoms with Crippen LogP contribution in [0.15, 0.2) is 41.6 Å². The standard InChI is InChI=1S/C16H20N2O2/c1-4-15(18(3)12(2)16(19)20)14(11-17)10-13-8-6-5-7-9-13/h5-9,12H,4,10H2,1-3H3,(H,19,20)/b15-14+. The Kier molecular flexibility index (Phi) is 5.79. The smallest absolute Gasteiger partial charge is 0.326 e. The highest BCUT2D eigenvalue weighted by Gasteiger charge is 2.20. The van der Waals surface area contributed by atoms with Gasteiger partial charge in [-0.05, 0) is 18.9 Å². The maximum atomic E-state index is 11.1. The first-order valence-electron chi connectivity index (χ1n) is 6.62. The van der Waals surface area contributed by atoms with E-state index in [2.05, 4.69) is 6.07 Å². The predicted molar refractivity (Wildman–Crippen MR) is 77.9 cm³/mol. The molecule has 0 saturated carbocycles. The molecule has 0 fully saturated rings. The largest absolute Gasteiger partial charge is 0.480 e. The van der Waals surface area contributed by atoms with Crippen LogP contribution in [-0.2, 0) is 11.2 Å². The van der Waals surface area contributed by atoms with E-state index in [1.165, 1.54) is 0 Å². The van der Waals surface area contributed by atoms with Gasteiger partial charge in [-0.15, -0.1) is 0 Å². The van der Waals surface area contributed by atoms with E-state index < -0.39 is 12.0 Å². The molecule has 0 bridgehead atoms. The van der Waals surface area contributed by atoms with Gasteiger partial charge in [-0.25, -0.2) is 4.79 Å². The van der Waals surface area contributed by atoms with Crippen molar-refractivity contribution in [3.8, 4) is 6.07 Å². The molecule has 0 heterocycles. The van der Waals surface area contributed by atoms with Gasteiger partial charge < -0.3 is 10.0 Å². The molecule has 0 aliphatic rings. The first kappa shape index (κ1) is 15.8. The van der Waals surface area contributed by atoms with Gasteiger partial charge in [0.2, 0.25) is 0 Å². The fourth-order valence-corrected chi connectivity index (χ4v) is 2.08. The summed E-state index contributed by atoms with van der Waals surface area (Å²) in [5, 5.41) is 18.5. The van der Waals surface area contributed by atoms with E-state index in [0.29, 0.717) is 18.4 Å². The summed E-state index contributed by atoms with van der Waals surface area (Å²) in [5.41, 5.74) is 2.45. The Hall–Kier alpha value is -2.28. The summed E-state index contributed by atoms with van der Waals surface area (Å²) >= 11 is 0. The number of hydrogen-bond acceptors (Lipinski definition) is 3. The summed E-state index contributed by atoms with van der Waals surface area (Å²) in [5.74, 6) is -0.893. The van der Waals surface area contributed by atoms with Crippen LogP contribution in [0.3, 0.4) is 0 Å². The molecule has 0 aliphatic heterocycles. The molecular weight excluding hydrogens is 252 g/mol. The van der Waals surface area contributed by atoms with Crippen molar-refractivity contribution in [3.63, 3.8) is 0 Å². The van der Waals surface area contributed by atoms with Gasteiger partial charge >= 0.3 is 5.97 Å². The molecule has 4 nitrogen and oxygen atoms in total. The Morgan fingerprint density at radius 2 is 2.00 bits per heavy atom. The van der Waals surface area contributed by atoms with Crippen LogP contribution in [0.25, 0.3) is 0 Å².